The zero-order valence-electron chi connectivity index (χ0n) is 14.9. The fourth-order valence-electron chi connectivity index (χ4n) is 2.16. The summed E-state index contributed by atoms with van der Waals surface area (Å²) >= 11 is 2.42. The molecule has 25 heavy (non-hydrogen) atoms. The van der Waals surface area contributed by atoms with Gasteiger partial charge in [-0.15, -0.1) is 0 Å². The maximum atomic E-state index is 12.1. The molecule has 9 heteroatoms. The molecule has 0 radical (unpaired) electrons. The van der Waals surface area contributed by atoms with Crippen LogP contribution in [0.3, 0.4) is 0 Å². The summed E-state index contributed by atoms with van der Waals surface area (Å²) in [6.45, 7) is 4.08. The van der Waals surface area contributed by atoms with E-state index in [1.165, 1.54) is 11.8 Å². The quantitative estimate of drug-likeness (QED) is 0.477. The van der Waals surface area contributed by atoms with Crippen molar-refractivity contribution in [3.63, 3.8) is 0 Å². The van der Waals surface area contributed by atoms with E-state index in [0.717, 1.165) is 17.5 Å². The molecule has 0 aromatic carbocycles. The Morgan fingerprint density at radius 2 is 1.48 bits per heavy atom. The summed E-state index contributed by atoms with van der Waals surface area (Å²) in [4.78, 5) is 47.6. The molecule has 1 heterocycles. The number of amides is 2. The summed E-state index contributed by atoms with van der Waals surface area (Å²) in [6.07, 6.45) is 1.05. The minimum absolute atomic E-state index is 0.0219. The first-order chi connectivity index (χ1) is 11.8. The van der Waals surface area contributed by atoms with E-state index in [1.807, 2.05) is 13.8 Å². The number of thioether (sulfide) groups is 2. The van der Waals surface area contributed by atoms with Crippen molar-refractivity contribution in [2.75, 3.05) is 18.7 Å². The number of carbonyl (C=O) groups excluding carboxylic acids is 4. The molecule has 2 amide bonds. The van der Waals surface area contributed by atoms with E-state index in [1.54, 1.807) is 7.05 Å². The molecule has 1 fully saturated rings. The Kier molecular flexibility index (Phi) is 10.1. The third-order valence-electron chi connectivity index (χ3n) is 3.50. The SMILES string of the molecule is CNCSC(=O)CCC1NC(=O)C(CCC(=O)SCC(C)C)NC1=O. The number of hydrogen-bond acceptors (Lipinski definition) is 7. The normalized spacial score (nSPS) is 20.3. The Hall–Kier alpha value is -1.06. The van der Waals surface area contributed by atoms with Crippen LogP contribution >= 0.6 is 23.5 Å². The van der Waals surface area contributed by atoms with Crippen molar-refractivity contribution in [3.8, 4) is 0 Å². The van der Waals surface area contributed by atoms with Crippen LogP contribution in [0, 0.1) is 5.92 Å². The van der Waals surface area contributed by atoms with Crippen LogP contribution in [0.2, 0.25) is 0 Å². The van der Waals surface area contributed by atoms with E-state index >= 15 is 0 Å². The molecule has 0 aliphatic carbocycles. The number of rotatable bonds is 10. The van der Waals surface area contributed by atoms with Gasteiger partial charge in [0.05, 0.1) is 0 Å². The first-order valence-corrected chi connectivity index (χ1v) is 10.4. The lowest BCUT2D eigenvalue weighted by molar-refractivity contribution is -0.137. The van der Waals surface area contributed by atoms with Crippen molar-refractivity contribution < 1.29 is 19.2 Å². The molecule has 1 rings (SSSR count). The lowest BCUT2D eigenvalue weighted by atomic mass is 10.0. The largest absolute Gasteiger partial charge is 0.343 e. The average Bonchev–Trinajstić information content (AvgIpc) is 2.57. The summed E-state index contributed by atoms with van der Waals surface area (Å²) in [6, 6.07) is -1.37. The minimum Gasteiger partial charge on any atom is -0.343 e. The van der Waals surface area contributed by atoms with Crippen molar-refractivity contribution in [1.82, 2.24) is 16.0 Å². The van der Waals surface area contributed by atoms with Gasteiger partial charge >= 0.3 is 0 Å². The number of nitrogens with one attached hydrogen (secondary N) is 3. The zero-order chi connectivity index (χ0) is 18.8. The van der Waals surface area contributed by atoms with Gasteiger partial charge in [0, 0.05) is 24.5 Å². The maximum absolute atomic E-state index is 12.1. The molecule has 2 unspecified atom stereocenters. The van der Waals surface area contributed by atoms with E-state index < -0.39 is 12.1 Å². The molecular formula is C16H27N3O4S2. The van der Waals surface area contributed by atoms with Crippen LogP contribution < -0.4 is 16.0 Å². The van der Waals surface area contributed by atoms with Crippen LogP contribution in [0.4, 0.5) is 0 Å². The number of hydrogen-bond donors (Lipinski definition) is 3. The first-order valence-electron chi connectivity index (χ1n) is 8.40. The van der Waals surface area contributed by atoms with Crippen molar-refractivity contribution in [1.29, 1.82) is 0 Å². The molecule has 2 atom stereocenters. The lowest BCUT2D eigenvalue weighted by Crippen LogP contribution is -2.61. The van der Waals surface area contributed by atoms with Gasteiger partial charge in [0.15, 0.2) is 10.2 Å². The minimum atomic E-state index is -0.686. The smallest absolute Gasteiger partial charge is 0.243 e. The second kappa shape index (κ2) is 11.5. The summed E-state index contributed by atoms with van der Waals surface area (Å²) in [5.74, 6) is 1.12. The molecular weight excluding hydrogens is 362 g/mol. The highest BCUT2D eigenvalue weighted by atomic mass is 32.2. The van der Waals surface area contributed by atoms with E-state index in [0.29, 0.717) is 18.2 Å². The first kappa shape index (κ1) is 22.0. The second-order valence-electron chi connectivity index (χ2n) is 6.29. The maximum Gasteiger partial charge on any atom is 0.243 e. The van der Waals surface area contributed by atoms with Gasteiger partial charge in [-0.25, -0.2) is 0 Å². The van der Waals surface area contributed by atoms with E-state index in [2.05, 4.69) is 16.0 Å². The van der Waals surface area contributed by atoms with E-state index in [4.69, 9.17) is 0 Å². The predicted molar refractivity (Wildman–Crippen MR) is 101 cm³/mol. The summed E-state index contributed by atoms with van der Waals surface area (Å²) in [5.41, 5.74) is 0. The monoisotopic (exact) mass is 389 g/mol. The Labute approximate surface area is 157 Å². The van der Waals surface area contributed by atoms with E-state index in [-0.39, 0.29) is 41.3 Å². The van der Waals surface area contributed by atoms with Gasteiger partial charge in [-0.1, -0.05) is 37.4 Å². The summed E-state index contributed by atoms with van der Waals surface area (Å²) in [7, 11) is 1.75. The van der Waals surface area contributed by atoms with Gasteiger partial charge in [0.1, 0.15) is 12.1 Å². The predicted octanol–water partition coefficient (Wildman–Crippen LogP) is 0.882. The van der Waals surface area contributed by atoms with Gasteiger partial charge in [-0.3, -0.25) is 19.2 Å². The van der Waals surface area contributed by atoms with Crippen LogP contribution in [-0.2, 0) is 19.2 Å². The number of carbonyl (C=O) groups is 4. The third-order valence-corrected chi connectivity index (χ3v) is 5.81. The molecule has 0 saturated carbocycles. The highest BCUT2D eigenvalue weighted by Crippen LogP contribution is 2.15. The Morgan fingerprint density at radius 1 is 1.00 bits per heavy atom. The van der Waals surface area contributed by atoms with Gasteiger partial charge in [-0.2, -0.15) is 0 Å². The van der Waals surface area contributed by atoms with Crippen molar-refractivity contribution >= 4 is 45.6 Å². The Bertz CT molecular complexity index is 500. The molecule has 1 aliphatic rings. The topological polar surface area (TPSA) is 104 Å². The molecule has 1 saturated heterocycles. The molecule has 142 valence electrons. The van der Waals surface area contributed by atoms with Crippen molar-refractivity contribution in [3.05, 3.63) is 0 Å². The molecule has 7 nitrogen and oxygen atoms in total. The average molecular weight is 390 g/mol. The number of piperazine rings is 1. The van der Waals surface area contributed by atoms with Crippen molar-refractivity contribution in [2.24, 2.45) is 5.92 Å². The van der Waals surface area contributed by atoms with Crippen molar-refractivity contribution in [2.45, 2.75) is 51.6 Å². The van der Waals surface area contributed by atoms with Gasteiger partial charge < -0.3 is 16.0 Å². The van der Waals surface area contributed by atoms with Crippen LogP contribution in [-0.4, -0.2) is 52.8 Å². The Balaban J connectivity index is 2.35. The summed E-state index contributed by atoms with van der Waals surface area (Å²) < 4.78 is 0. The fraction of sp³-hybridized carbons (Fsp3) is 0.750. The standard InChI is InChI=1S/C16H27N3O4S2/c1-10(2)8-24-13(20)6-4-11-15(22)19-12(16(23)18-11)5-7-14(21)25-9-17-3/h10-12,17H,4-9H2,1-3H3,(H,18,23)(H,19,22). The zero-order valence-corrected chi connectivity index (χ0v) is 16.6. The Morgan fingerprint density at radius 3 is 1.92 bits per heavy atom. The van der Waals surface area contributed by atoms with Gasteiger partial charge in [-0.05, 0) is 25.8 Å². The third kappa shape index (κ3) is 8.73. The van der Waals surface area contributed by atoms with Crippen LogP contribution in [0.15, 0.2) is 0 Å². The highest BCUT2D eigenvalue weighted by Gasteiger charge is 2.33. The molecule has 0 bridgehead atoms. The molecule has 0 spiro atoms. The highest BCUT2D eigenvalue weighted by molar-refractivity contribution is 8.13. The van der Waals surface area contributed by atoms with Gasteiger partial charge in [0.25, 0.3) is 0 Å². The molecule has 1 aliphatic heterocycles. The second-order valence-corrected chi connectivity index (χ2v) is 8.40. The lowest BCUT2D eigenvalue weighted by Gasteiger charge is -2.29. The molecule has 0 aromatic heterocycles. The van der Waals surface area contributed by atoms with Crippen LogP contribution in [0.1, 0.15) is 39.5 Å². The van der Waals surface area contributed by atoms with Crippen LogP contribution in [0.5, 0.6) is 0 Å². The molecule has 0 aromatic rings. The van der Waals surface area contributed by atoms with Crippen LogP contribution in [0.25, 0.3) is 0 Å². The summed E-state index contributed by atoms with van der Waals surface area (Å²) in [5, 5.41) is 8.19. The fourth-order valence-corrected chi connectivity index (χ4v) is 3.51. The van der Waals surface area contributed by atoms with Gasteiger partial charge in [0.2, 0.25) is 11.8 Å². The molecule has 3 N–H and O–H groups in total. The van der Waals surface area contributed by atoms with E-state index in [9.17, 15) is 19.2 Å².